The number of anilines is 5. The SMILES string of the molecule is Brc1cccn2nc(Nc3cnn(Cc4cn(C5CCN(C6COC6)CC5)nn4)c3)nc12.[C-]#[N+]CC1(n2cc(CC)cn2)CCC1.[C-]#[N+]CC1(n2cc(CC)cn2)CN(c2cccn3nc(Nc4cnn(Cc5cn(C6CCN(C7COC7)CC6)nn5)c4)nc23)C1. The summed E-state index contributed by atoms with van der Waals surface area (Å²) in [5.41, 5.74) is 7.99. The Morgan fingerprint density at radius 2 is 1.09 bits per heavy atom. The first kappa shape index (κ1) is 59.7. The van der Waals surface area contributed by atoms with E-state index < -0.39 is 0 Å². The van der Waals surface area contributed by atoms with Crippen molar-refractivity contribution in [3.05, 3.63) is 148 Å². The summed E-state index contributed by atoms with van der Waals surface area (Å²) < 4.78 is 26.8. The number of pyridine rings is 2. The molecule has 0 atom stereocenters. The van der Waals surface area contributed by atoms with Crippen molar-refractivity contribution in [2.45, 2.75) is 120 Å². The Bertz CT molecular complexity index is 4160. The fraction of sp³-hybridized carbons (Fsp3) is 0.508. The minimum atomic E-state index is -0.341. The zero-order valence-corrected chi connectivity index (χ0v) is 52.8. The number of piperidine rings is 2. The lowest BCUT2D eigenvalue weighted by Crippen LogP contribution is -2.64. The summed E-state index contributed by atoms with van der Waals surface area (Å²) in [6, 6.07) is 9.86. The van der Waals surface area contributed by atoms with Gasteiger partial charge in [-0.15, -0.1) is 20.4 Å². The molecule has 10 aromatic rings. The van der Waals surface area contributed by atoms with Gasteiger partial charge in [0.15, 0.2) is 16.8 Å². The standard InChI is InChI=1S/C30H36N14O.C20H23BrN10O.C11H15N3/c1-3-22-11-33-44(13-22)30(19-31-2)20-40(21-30)27-5-4-8-42-28(27)35-29(37-42)34-23-12-32-41(14-23)15-24-16-43(38-36-24)25-6-9-39(10-7-25)26-17-45-18-26;21-18-2-1-5-30-19(18)24-20(26-30)23-14-8-22-29(9-14)10-15-11-31(27-25-15)16-3-6-28(7-4-16)17-12-32-13-17;1-3-10-7-13-14(8-10)11(9-12-2)5-4-6-11/h4-5,8,11-14,16,25-26H,3,6-7,9-10,15,17-21H2,1H3,(H,34,37);1-2,5,8-9,11,16-17H,3-4,6-7,10,12-13H2,(H,23,26);7-8H,3-6,9H2,1H3. The number of hydrogen-bond donors (Lipinski definition) is 2. The molecule has 1 aliphatic carbocycles. The quantitative estimate of drug-likeness (QED) is 0.0810. The van der Waals surface area contributed by atoms with E-state index in [1.54, 1.807) is 21.4 Å². The number of ether oxygens (including phenoxy) is 2. The molecule has 30 heteroatoms. The van der Waals surface area contributed by atoms with Crippen LogP contribution in [0.25, 0.3) is 21.0 Å². The number of nitrogens with zero attached hydrogens (tertiary/aromatic N) is 25. The molecule has 0 bridgehead atoms. The topological polar surface area (TPSA) is 254 Å². The first-order valence-electron chi connectivity index (χ1n) is 31.5. The fourth-order valence-electron chi connectivity index (χ4n) is 12.9. The summed E-state index contributed by atoms with van der Waals surface area (Å²) >= 11 is 3.49. The molecule has 0 aromatic carbocycles. The van der Waals surface area contributed by atoms with Gasteiger partial charge in [0.25, 0.3) is 0 Å². The van der Waals surface area contributed by atoms with Crippen LogP contribution < -0.4 is 15.5 Å². The number of likely N-dealkylation sites (tertiary alicyclic amines) is 2. The molecular weight excluding hydrogens is 1220 g/mol. The number of fused-ring (bicyclic) bond motifs is 2. The molecule has 5 aliphatic heterocycles. The van der Waals surface area contributed by atoms with Gasteiger partial charge in [0.05, 0.1) is 135 Å². The Balaban J connectivity index is 0.000000135. The first-order valence-corrected chi connectivity index (χ1v) is 32.3. The molecule has 6 aliphatic rings. The van der Waals surface area contributed by atoms with E-state index in [0.717, 1.165) is 148 Å². The Morgan fingerprint density at radius 1 is 0.593 bits per heavy atom. The van der Waals surface area contributed by atoms with E-state index >= 15 is 0 Å². The molecule has 15 heterocycles. The molecule has 0 spiro atoms. The minimum Gasteiger partial charge on any atom is -0.378 e. The number of aryl methyl sites for hydroxylation is 2. The predicted octanol–water partition coefficient (Wildman–Crippen LogP) is 6.59. The molecule has 472 valence electrons. The first-order chi connectivity index (χ1) is 44.6. The van der Waals surface area contributed by atoms with Gasteiger partial charge in [-0.2, -0.15) is 30.4 Å². The van der Waals surface area contributed by atoms with Crippen molar-refractivity contribution >= 4 is 56.2 Å². The van der Waals surface area contributed by atoms with Crippen LogP contribution in [0.15, 0.2) is 103 Å². The molecule has 91 heavy (non-hydrogen) atoms. The summed E-state index contributed by atoms with van der Waals surface area (Å²) in [6.45, 7) is 30.0. The van der Waals surface area contributed by atoms with E-state index in [0.29, 0.717) is 75.3 Å². The molecule has 10 aromatic heterocycles. The highest BCUT2D eigenvalue weighted by Crippen LogP contribution is 2.40. The lowest BCUT2D eigenvalue weighted by atomic mass is 9.77. The molecule has 6 fully saturated rings. The highest BCUT2D eigenvalue weighted by Gasteiger charge is 2.49. The van der Waals surface area contributed by atoms with E-state index in [2.05, 4.69) is 133 Å². The summed E-state index contributed by atoms with van der Waals surface area (Å²) in [6.07, 6.45) is 32.9. The second-order valence-electron chi connectivity index (χ2n) is 24.6. The Labute approximate surface area is 534 Å². The number of nitrogens with one attached hydrogen (secondary N) is 2. The Morgan fingerprint density at radius 3 is 1.55 bits per heavy atom. The normalized spacial score (nSPS) is 18.7. The number of hydrogen-bond acceptors (Lipinski definition) is 19. The van der Waals surface area contributed by atoms with Gasteiger partial charge in [-0.05, 0) is 109 Å². The Kier molecular flexibility index (Phi) is 17.1. The van der Waals surface area contributed by atoms with E-state index in [-0.39, 0.29) is 11.1 Å². The summed E-state index contributed by atoms with van der Waals surface area (Å²) in [4.78, 5) is 23.9. The van der Waals surface area contributed by atoms with E-state index in [1.165, 1.54) is 17.5 Å². The Hall–Kier alpha value is -8.94. The van der Waals surface area contributed by atoms with Crippen molar-refractivity contribution in [1.82, 2.24) is 108 Å². The third kappa shape index (κ3) is 12.8. The van der Waals surface area contributed by atoms with Gasteiger partial charge in [0, 0.05) is 63.4 Å². The van der Waals surface area contributed by atoms with Gasteiger partial charge in [0.2, 0.25) is 25.0 Å². The number of aromatic nitrogens is 20. The molecule has 16 rings (SSSR count). The maximum absolute atomic E-state index is 7.55. The van der Waals surface area contributed by atoms with Gasteiger partial charge < -0.3 is 34.7 Å². The second-order valence-corrected chi connectivity index (χ2v) is 25.5. The van der Waals surface area contributed by atoms with E-state index in [4.69, 9.17) is 27.6 Å². The molecule has 5 saturated heterocycles. The van der Waals surface area contributed by atoms with Gasteiger partial charge >= 0.3 is 0 Å². The second kappa shape index (κ2) is 26.1. The van der Waals surface area contributed by atoms with Crippen molar-refractivity contribution < 1.29 is 9.47 Å². The molecule has 29 nitrogen and oxygen atoms in total. The summed E-state index contributed by atoms with van der Waals surface area (Å²) in [5, 5.41) is 51.1. The van der Waals surface area contributed by atoms with E-state index in [1.807, 2.05) is 102 Å². The monoisotopic (exact) mass is 1300 g/mol. The molecule has 0 amide bonds. The molecular formula is C61H74BrN27O2. The average Bonchev–Trinajstić information content (AvgIpc) is 1.75. The van der Waals surface area contributed by atoms with Crippen LogP contribution in [-0.2, 0) is 46.5 Å². The maximum atomic E-state index is 7.55. The predicted molar refractivity (Wildman–Crippen MR) is 340 cm³/mol. The van der Waals surface area contributed by atoms with Crippen molar-refractivity contribution in [3.63, 3.8) is 0 Å². The third-order valence-electron chi connectivity index (χ3n) is 18.6. The van der Waals surface area contributed by atoms with Crippen molar-refractivity contribution in [3.8, 4) is 0 Å². The highest BCUT2D eigenvalue weighted by atomic mass is 79.9. The van der Waals surface area contributed by atoms with Crippen LogP contribution in [-0.4, -0.2) is 199 Å². The summed E-state index contributed by atoms with van der Waals surface area (Å²) in [5.74, 6) is 1.00. The minimum absolute atomic E-state index is 0.0369. The van der Waals surface area contributed by atoms with E-state index in [9.17, 15) is 0 Å². The van der Waals surface area contributed by atoms with Crippen LogP contribution in [0.3, 0.4) is 0 Å². The zero-order chi connectivity index (χ0) is 61.9. The molecule has 0 radical (unpaired) electrons. The molecule has 0 unspecified atom stereocenters. The van der Waals surface area contributed by atoms with Crippen LogP contribution in [0.1, 0.15) is 93.4 Å². The van der Waals surface area contributed by atoms with Gasteiger partial charge in [-0.1, -0.05) is 24.3 Å². The van der Waals surface area contributed by atoms with Crippen LogP contribution in [0.5, 0.6) is 0 Å². The summed E-state index contributed by atoms with van der Waals surface area (Å²) in [7, 11) is 0. The number of halogens is 1. The lowest BCUT2D eigenvalue weighted by molar-refractivity contribution is -0.0735. The van der Waals surface area contributed by atoms with Crippen molar-refractivity contribution in [2.24, 2.45) is 0 Å². The smallest absolute Gasteiger partial charge is 0.247 e. The average molecular weight is 1300 g/mol. The zero-order valence-electron chi connectivity index (χ0n) is 51.2. The van der Waals surface area contributed by atoms with Gasteiger partial charge in [-0.3, -0.25) is 28.5 Å². The third-order valence-corrected chi connectivity index (χ3v) is 19.2. The van der Waals surface area contributed by atoms with Crippen LogP contribution in [0, 0.1) is 13.1 Å². The van der Waals surface area contributed by atoms with Crippen LogP contribution >= 0.6 is 15.9 Å². The number of rotatable bonds is 19. The van der Waals surface area contributed by atoms with Crippen molar-refractivity contribution in [1.29, 1.82) is 0 Å². The lowest BCUT2D eigenvalue weighted by Gasteiger charge is -2.48. The molecule has 2 N–H and O–H groups in total. The van der Waals surface area contributed by atoms with Gasteiger partial charge in [-0.25, -0.2) is 31.5 Å². The van der Waals surface area contributed by atoms with Crippen LogP contribution in [0.2, 0.25) is 0 Å². The van der Waals surface area contributed by atoms with Crippen molar-refractivity contribution in [2.75, 3.05) is 94.3 Å². The van der Waals surface area contributed by atoms with Crippen LogP contribution in [0.4, 0.5) is 29.0 Å². The largest absolute Gasteiger partial charge is 0.378 e. The fourth-order valence-corrected chi connectivity index (χ4v) is 13.3. The molecule has 1 saturated carbocycles. The maximum Gasteiger partial charge on any atom is 0.247 e. The highest BCUT2D eigenvalue weighted by molar-refractivity contribution is 9.10. The van der Waals surface area contributed by atoms with Gasteiger partial charge in [0.1, 0.15) is 16.9 Å².